The Hall–Kier alpha value is -0.765. The number of hydrogen-bond donors (Lipinski definition) is 0. The lowest BCUT2D eigenvalue weighted by molar-refractivity contribution is -0.139. The average molecular weight is 170 g/mol. The molecular weight excluding hydrogens is 155 g/mol. The second kappa shape index (κ2) is 5.83. The summed E-state index contributed by atoms with van der Waals surface area (Å²) in [5.41, 5.74) is 0. The minimum Gasteiger partial charge on any atom is -0.465 e. The molecule has 0 N–H and O–H groups in total. The van der Waals surface area contributed by atoms with Gasteiger partial charge in [0, 0.05) is 12.2 Å². The lowest BCUT2D eigenvalue weighted by Gasteiger charge is -2.12. The van der Waals surface area contributed by atoms with Crippen molar-refractivity contribution in [3.63, 3.8) is 0 Å². The van der Waals surface area contributed by atoms with Crippen LogP contribution in [0, 0.1) is 0 Å². The molecule has 0 saturated heterocycles. The standard InChI is InChI=1S/C8H15BO3/c1-5-8(10)11-7(4)9-12-6(2)3/h5-7,9H,1H2,2-4H3. The molecule has 0 spiro atoms. The summed E-state index contributed by atoms with van der Waals surface area (Å²) in [5, 5.41) is 0. The summed E-state index contributed by atoms with van der Waals surface area (Å²) in [6.07, 6.45) is 1.31. The molecule has 0 bridgehead atoms. The van der Waals surface area contributed by atoms with Crippen LogP contribution in [0.15, 0.2) is 12.7 Å². The molecule has 4 heteroatoms. The minimum atomic E-state index is -0.408. The maximum atomic E-state index is 10.7. The van der Waals surface area contributed by atoms with Crippen LogP contribution in [-0.4, -0.2) is 25.6 Å². The molecule has 0 aliphatic carbocycles. The first-order valence-corrected chi connectivity index (χ1v) is 4.01. The molecular formula is C8H15BO3. The second-order valence-corrected chi connectivity index (χ2v) is 2.83. The molecule has 68 valence electrons. The molecule has 0 saturated carbocycles. The van der Waals surface area contributed by atoms with Gasteiger partial charge in [-0.05, 0) is 20.8 Å². The predicted octanol–water partition coefficient (Wildman–Crippen LogP) is 0.838. The molecule has 0 aliphatic rings. The first-order valence-electron chi connectivity index (χ1n) is 4.01. The maximum absolute atomic E-state index is 10.7. The number of esters is 1. The van der Waals surface area contributed by atoms with Crippen molar-refractivity contribution >= 4 is 13.5 Å². The van der Waals surface area contributed by atoms with E-state index in [9.17, 15) is 4.79 Å². The van der Waals surface area contributed by atoms with Crippen LogP contribution in [0.25, 0.3) is 0 Å². The largest absolute Gasteiger partial charge is 0.465 e. The first kappa shape index (κ1) is 11.2. The Bertz CT molecular complexity index is 156. The van der Waals surface area contributed by atoms with E-state index < -0.39 is 5.97 Å². The number of hydrogen-bond acceptors (Lipinski definition) is 3. The molecule has 12 heavy (non-hydrogen) atoms. The molecule has 0 aromatic heterocycles. The van der Waals surface area contributed by atoms with Gasteiger partial charge < -0.3 is 9.39 Å². The van der Waals surface area contributed by atoms with Crippen LogP contribution in [0.2, 0.25) is 0 Å². The van der Waals surface area contributed by atoms with Crippen LogP contribution in [0.3, 0.4) is 0 Å². The van der Waals surface area contributed by atoms with Crippen molar-refractivity contribution in [2.75, 3.05) is 0 Å². The van der Waals surface area contributed by atoms with Crippen LogP contribution in [0.4, 0.5) is 0 Å². The topological polar surface area (TPSA) is 35.5 Å². The van der Waals surface area contributed by atoms with Crippen LogP contribution in [-0.2, 0) is 14.2 Å². The van der Waals surface area contributed by atoms with E-state index in [0.29, 0.717) is 7.48 Å². The van der Waals surface area contributed by atoms with E-state index in [1.807, 2.05) is 13.8 Å². The van der Waals surface area contributed by atoms with Gasteiger partial charge in [-0.15, -0.1) is 0 Å². The number of carbonyl (C=O) groups excluding carboxylic acids is 1. The Labute approximate surface area is 74.0 Å². The number of rotatable bonds is 5. The van der Waals surface area contributed by atoms with Gasteiger partial charge in [-0.25, -0.2) is 4.79 Å². The summed E-state index contributed by atoms with van der Waals surface area (Å²) in [7, 11) is 0.428. The SMILES string of the molecule is C=CC(=O)OC(C)BOC(C)C. The predicted molar refractivity (Wildman–Crippen MR) is 49.1 cm³/mol. The fourth-order valence-corrected chi connectivity index (χ4v) is 0.608. The summed E-state index contributed by atoms with van der Waals surface area (Å²) in [5.74, 6) is -0.408. The third kappa shape index (κ3) is 5.98. The van der Waals surface area contributed by atoms with E-state index in [1.54, 1.807) is 6.92 Å². The van der Waals surface area contributed by atoms with Crippen molar-refractivity contribution in [2.45, 2.75) is 32.9 Å². The highest BCUT2D eigenvalue weighted by atomic mass is 16.6. The van der Waals surface area contributed by atoms with Crippen molar-refractivity contribution in [3.8, 4) is 0 Å². The van der Waals surface area contributed by atoms with Gasteiger partial charge in [-0.2, -0.15) is 0 Å². The summed E-state index contributed by atoms with van der Waals surface area (Å²) in [6, 6.07) is -0.210. The third-order valence-electron chi connectivity index (χ3n) is 1.15. The summed E-state index contributed by atoms with van der Waals surface area (Å²) < 4.78 is 10.1. The Balaban J connectivity index is 3.52. The molecule has 1 unspecified atom stereocenters. The zero-order chi connectivity index (χ0) is 9.56. The van der Waals surface area contributed by atoms with E-state index >= 15 is 0 Å². The van der Waals surface area contributed by atoms with Crippen LogP contribution in [0.5, 0.6) is 0 Å². The first-order chi connectivity index (χ1) is 5.56. The second-order valence-electron chi connectivity index (χ2n) is 2.83. The van der Waals surface area contributed by atoms with Gasteiger partial charge in [0.05, 0.1) is 0 Å². The zero-order valence-electron chi connectivity index (χ0n) is 7.87. The van der Waals surface area contributed by atoms with E-state index in [-0.39, 0.29) is 12.1 Å². The molecule has 0 fully saturated rings. The Morgan fingerprint density at radius 1 is 1.50 bits per heavy atom. The highest BCUT2D eigenvalue weighted by Crippen LogP contribution is 1.94. The molecule has 0 aromatic rings. The van der Waals surface area contributed by atoms with Crippen molar-refractivity contribution < 1.29 is 14.2 Å². The summed E-state index contributed by atoms with van der Waals surface area (Å²) >= 11 is 0. The minimum absolute atomic E-state index is 0.162. The Kier molecular flexibility index (Phi) is 5.46. The molecule has 1 atom stereocenters. The van der Waals surface area contributed by atoms with Crippen molar-refractivity contribution in [1.82, 2.24) is 0 Å². The highest BCUT2D eigenvalue weighted by molar-refractivity contribution is 6.29. The van der Waals surface area contributed by atoms with Crippen LogP contribution < -0.4 is 0 Å². The quantitative estimate of drug-likeness (QED) is 0.348. The fraction of sp³-hybridized carbons (Fsp3) is 0.625. The lowest BCUT2D eigenvalue weighted by atomic mass is 9.92. The van der Waals surface area contributed by atoms with Crippen molar-refractivity contribution in [1.29, 1.82) is 0 Å². The summed E-state index contributed by atoms with van der Waals surface area (Å²) in [4.78, 5) is 10.7. The third-order valence-corrected chi connectivity index (χ3v) is 1.15. The smallest absolute Gasteiger partial charge is 0.329 e. The molecule has 0 amide bonds. The van der Waals surface area contributed by atoms with E-state index in [2.05, 4.69) is 6.58 Å². The van der Waals surface area contributed by atoms with Gasteiger partial charge in [0.2, 0.25) is 0 Å². The van der Waals surface area contributed by atoms with Gasteiger partial charge in [-0.3, -0.25) is 0 Å². The van der Waals surface area contributed by atoms with Crippen LogP contribution >= 0.6 is 0 Å². The number of ether oxygens (including phenoxy) is 1. The molecule has 0 heterocycles. The number of carbonyl (C=O) groups is 1. The van der Waals surface area contributed by atoms with Crippen molar-refractivity contribution in [3.05, 3.63) is 12.7 Å². The molecule has 0 radical (unpaired) electrons. The highest BCUT2D eigenvalue weighted by Gasteiger charge is 2.09. The van der Waals surface area contributed by atoms with Gasteiger partial charge in [0.1, 0.15) is 6.00 Å². The van der Waals surface area contributed by atoms with Gasteiger partial charge >= 0.3 is 13.5 Å². The van der Waals surface area contributed by atoms with Crippen molar-refractivity contribution in [2.24, 2.45) is 0 Å². The van der Waals surface area contributed by atoms with Gasteiger partial charge in [0.15, 0.2) is 0 Å². The normalized spacial score (nSPS) is 12.3. The maximum Gasteiger partial charge on any atom is 0.329 e. The molecule has 0 rings (SSSR count). The van der Waals surface area contributed by atoms with Gasteiger partial charge in [0.25, 0.3) is 0 Å². The van der Waals surface area contributed by atoms with Gasteiger partial charge in [-0.1, -0.05) is 6.58 Å². The zero-order valence-corrected chi connectivity index (χ0v) is 7.87. The van der Waals surface area contributed by atoms with E-state index in [4.69, 9.17) is 9.39 Å². The molecule has 0 aromatic carbocycles. The summed E-state index contributed by atoms with van der Waals surface area (Å²) in [6.45, 7) is 8.94. The van der Waals surface area contributed by atoms with E-state index in [1.165, 1.54) is 0 Å². The van der Waals surface area contributed by atoms with E-state index in [0.717, 1.165) is 6.08 Å². The lowest BCUT2D eigenvalue weighted by Crippen LogP contribution is -2.24. The Morgan fingerprint density at radius 2 is 2.08 bits per heavy atom. The van der Waals surface area contributed by atoms with Crippen LogP contribution in [0.1, 0.15) is 20.8 Å². The Morgan fingerprint density at radius 3 is 2.50 bits per heavy atom. The molecule has 0 aliphatic heterocycles. The molecule has 3 nitrogen and oxygen atoms in total. The monoisotopic (exact) mass is 170 g/mol. The fourth-order valence-electron chi connectivity index (χ4n) is 0.608. The average Bonchev–Trinajstić information content (AvgIpc) is 2.00.